The second-order valence-corrected chi connectivity index (χ2v) is 12.9. The molecule has 20 heavy (non-hydrogen) atoms. The number of aromatic nitrogens is 3. The lowest BCUT2D eigenvalue weighted by molar-refractivity contribution is 0.415. The van der Waals surface area contributed by atoms with Crippen LogP contribution in [0.5, 0.6) is 5.75 Å². The maximum Gasteiger partial charge on any atom is 0.190 e. The lowest BCUT2D eigenvalue weighted by Gasteiger charge is -2.14. The molecule has 0 saturated heterocycles. The minimum atomic E-state index is -1.08. The van der Waals surface area contributed by atoms with Crippen molar-refractivity contribution in [3.8, 4) is 17.1 Å². The Kier molecular flexibility index (Phi) is 4.54. The van der Waals surface area contributed by atoms with Gasteiger partial charge in [-0.25, -0.2) is 0 Å². The molecule has 0 saturated carbocycles. The Hall–Kier alpha value is -1.27. The van der Waals surface area contributed by atoms with Crippen LogP contribution in [0.1, 0.15) is 0 Å². The van der Waals surface area contributed by atoms with Gasteiger partial charge in [0.2, 0.25) is 0 Å². The lowest BCUT2D eigenvalue weighted by Crippen LogP contribution is -2.24. The molecule has 0 amide bonds. The van der Waals surface area contributed by atoms with Crippen LogP contribution >= 0.6 is 11.8 Å². The van der Waals surface area contributed by atoms with Crippen molar-refractivity contribution in [2.24, 2.45) is 7.05 Å². The first-order chi connectivity index (χ1) is 9.40. The minimum absolute atomic E-state index is 0.851. The van der Waals surface area contributed by atoms with Gasteiger partial charge in [0, 0.05) is 12.6 Å². The van der Waals surface area contributed by atoms with E-state index in [1.807, 2.05) is 31.3 Å². The molecule has 2 aromatic rings. The molecule has 0 atom stereocenters. The van der Waals surface area contributed by atoms with Gasteiger partial charge in [-0.1, -0.05) is 31.4 Å². The molecule has 0 radical (unpaired) electrons. The first-order valence-electron chi connectivity index (χ1n) is 6.57. The first kappa shape index (κ1) is 15.1. The Balaban J connectivity index is 2.19. The molecule has 0 aliphatic rings. The molecule has 1 aromatic heterocycles. The third-order valence-electron chi connectivity index (χ3n) is 2.82. The van der Waals surface area contributed by atoms with Gasteiger partial charge in [0.25, 0.3) is 0 Å². The van der Waals surface area contributed by atoms with Crippen molar-refractivity contribution in [1.82, 2.24) is 14.8 Å². The molecule has 0 fully saturated rings. The predicted octanol–water partition coefficient (Wildman–Crippen LogP) is 3.46. The highest BCUT2D eigenvalue weighted by Crippen LogP contribution is 2.25. The molecule has 6 heteroatoms. The summed E-state index contributed by atoms with van der Waals surface area (Å²) in [5.41, 5.74) is 1.06. The van der Waals surface area contributed by atoms with Gasteiger partial charge in [-0.05, 0) is 29.6 Å². The Morgan fingerprint density at radius 3 is 2.35 bits per heavy atom. The second-order valence-electron chi connectivity index (χ2n) is 5.94. The zero-order chi connectivity index (χ0) is 14.8. The molecule has 1 heterocycles. The van der Waals surface area contributed by atoms with Crippen molar-refractivity contribution in [1.29, 1.82) is 0 Å². The fraction of sp³-hybridized carbons (Fsp3) is 0.429. The molecule has 2 rings (SSSR count). The molecule has 4 nitrogen and oxygen atoms in total. The molecule has 0 unspecified atom stereocenters. The second kappa shape index (κ2) is 6.01. The third kappa shape index (κ3) is 3.64. The van der Waals surface area contributed by atoms with Gasteiger partial charge >= 0.3 is 0 Å². The van der Waals surface area contributed by atoms with E-state index >= 15 is 0 Å². The summed E-state index contributed by atoms with van der Waals surface area (Å²) in [5, 5.41) is 10.8. The fourth-order valence-corrected chi connectivity index (χ4v) is 4.34. The highest BCUT2D eigenvalue weighted by atomic mass is 32.2. The number of rotatable bonds is 5. The summed E-state index contributed by atoms with van der Waals surface area (Å²) in [4.78, 5) is 0. The minimum Gasteiger partial charge on any atom is -0.497 e. The molecule has 108 valence electrons. The number of hydrogen-bond donors (Lipinski definition) is 0. The Morgan fingerprint density at radius 1 is 1.15 bits per heavy atom. The van der Waals surface area contributed by atoms with E-state index in [-0.39, 0.29) is 0 Å². The Morgan fingerprint density at radius 2 is 1.80 bits per heavy atom. The number of nitrogens with zero attached hydrogens (tertiary/aromatic N) is 3. The average molecular weight is 307 g/mol. The number of ether oxygens (including phenoxy) is 1. The van der Waals surface area contributed by atoms with E-state index < -0.39 is 8.07 Å². The molecule has 0 bridgehead atoms. The highest BCUT2D eigenvalue weighted by Gasteiger charge is 2.17. The van der Waals surface area contributed by atoms with Crippen LogP contribution in [-0.2, 0) is 7.05 Å². The van der Waals surface area contributed by atoms with Crippen molar-refractivity contribution in [2.45, 2.75) is 24.8 Å². The molecule has 0 N–H and O–H groups in total. The highest BCUT2D eigenvalue weighted by molar-refractivity contribution is 8.00. The maximum atomic E-state index is 5.17. The first-order valence-corrected chi connectivity index (χ1v) is 11.3. The van der Waals surface area contributed by atoms with E-state index in [0.29, 0.717) is 0 Å². The van der Waals surface area contributed by atoms with Crippen LogP contribution in [0.3, 0.4) is 0 Å². The van der Waals surface area contributed by atoms with E-state index in [1.165, 1.54) is 0 Å². The van der Waals surface area contributed by atoms with Crippen molar-refractivity contribution >= 4 is 19.8 Å². The van der Waals surface area contributed by atoms with E-state index in [0.717, 1.165) is 27.7 Å². The topological polar surface area (TPSA) is 39.9 Å². The number of thioether (sulfide) groups is 1. The average Bonchev–Trinajstić information content (AvgIpc) is 2.77. The molecule has 0 spiro atoms. The standard InChI is InChI=1S/C14H21N3OSSi/c1-17-13(11-6-8-12(18-2)9-7-11)15-16-14(17)19-10-20(3,4)5/h6-9H,10H2,1-5H3. The van der Waals surface area contributed by atoms with Crippen LogP contribution in [0, 0.1) is 0 Å². The zero-order valence-corrected chi connectivity index (χ0v) is 14.5. The van der Waals surface area contributed by atoms with Crippen LogP contribution < -0.4 is 4.74 Å². The van der Waals surface area contributed by atoms with Crippen molar-refractivity contribution < 1.29 is 4.74 Å². The van der Waals surface area contributed by atoms with Gasteiger partial charge in [-0.15, -0.1) is 10.2 Å². The summed E-state index contributed by atoms with van der Waals surface area (Å²) in [6, 6.07) is 7.91. The van der Waals surface area contributed by atoms with Crippen molar-refractivity contribution in [3.63, 3.8) is 0 Å². The molecule has 1 aromatic carbocycles. The fourth-order valence-electron chi connectivity index (χ4n) is 1.71. The summed E-state index contributed by atoms with van der Waals surface area (Å²) in [6.45, 7) is 7.09. The quantitative estimate of drug-likeness (QED) is 0.626. The number of methoxy groups -OCH3 is 1. The molecule has 0 aliphatic heterocycles. The number of hydrogen-bond acceptors (Lipinski definition) is 4. The molecule has 0 aliphatic carbocycles. The van der Waals surface area contributed by atoms with Crippen LogP contribution in [0.15, 0.2) is 29.4 Å². The zero-order valence-electron chi connectivity index (χ0n) is 12.7. The normalized spacial score (nSPS) is 11.7. The van der Waals surface area contributed by atoms with Gasteiger partial charge in [-0.2, -0.15) is 0 Å². The maximum absolute atomic E-state index is 5.17. The predicted molar refractivity (Wildman–Crippen MR) is 87.1 cm³/mol. The van der Waals surface area contributed by atoms with Crippen LogP contribution in [-0.4, -0.2) is 35.3 Å². The Labute approximate surface area is 125 Å². The molecular weight excluding hydrogens is 286 g/mol. The van der Waals surface area contributed by atoms with Crippen LogP contribution in [0.2, 0.25) is 19.6 Å². The summed E-state index contributed by atoms with van der Waals surface area (Å²) in [7, 11) is 2.61. The van der Waals surface area contributed by atoms with Crippen LogP contribution in [0.4, 0.5) is 0 Å². The van der Waals surface area contributed by atoms with Gasteiger partial charge < -0.3 is 9.30 Å². The van der Waals surface area contributed by atoms with Gasteiger partial charge in [0.05, 0.1) is 15.2 Å². The number of benzene rings is 1. The third-order valence-corrected chi connectivity index (χ3v) is 7.47. The largest absolute Gasteiger partial charge is 0.497 e. The summed E-state index contributed by atoms with van der Waals surface area (Å²) in [6.07, 6.45) is 0. The van der Waals surface area contributed by atoms with Gasteiger partial charge in [0.15, 0.2) is 11.0 Å². The van der Waals surface area contributed by atoms with E-state index in [2.05, 4.69) is 34.4 Å². The SMILES string of the molecule is COc1ccc(-c2nnc(SC[Si](C)(C)C)n2C)cc1. The van der Waals surface area contributed by atoms with E-state index in [4.69, 9.17) is 4.74 Å². The lowest BCUT2D eigenvalue weighted by atomic mass is 10.2. The van der Waals surface area contributed by atoms with Crippen LogP contribution in [0.25, 0.3) is 11.4 Å². The van der Waals surface area contributed by atoms with Crippen molar-refractivity contribution in [3.05, 3.63) is 24.3 Å². The Bertz CT molecular complexity index is 575. The summed E-state index contributed by atoms with van der Waals surface area (Å²) >= 11 is 1.80. The van der Waals surface area contributed by atoms with Gasteiger partial charge in [0.1, 0.15) is 5.75 Å². The monoisotopic (exact) mass is 307 g/mol. The van der Waals surface area contributed by atoms with Gasteiger partial charge in [-0.3, -0.25) is 0 Å². The van der Waals surface area contributed by atoms with E-state index in [1.54, 1.807) is 18.9 Å². The molecular formula is C14H21N3OSSi. The van der Waals surface area contributed by atoms with E-state index in [9.17, 15) is 0 Å². The smallest absolute Gasteiger partial charge is 0.190 e. The van der Waals surface area contributed by atoms with Crippen molar-refractivity contribution in [2.75, 3.05) is 12.5 Å². The summed E-state index contributed by atoms with van der Waals surface area (Å²) < 4.78 is 7.24. The summed E-state index contributed by atoms with van der Waals surface area (Å²) in [5.74, 6) is 1.75.